The van der Waals surface area contributed by atoms with Crippen molar-refractivity contribution in [3.63, 3.8) is 0 Å². The van der Waals surface area contributed by atoms with Gasteiger partial charge in [-0.15, -0.1) is 0 Å². The summed E-state index contributed by atoms with van der Waals surface area (Å²) < 4.78 is 5.47. The molecule has 1 N–H and O–H groups in total. The van der Waals surface area contributed by atoms with Gasteiger partial charge in [0.1, 0.15) is 12.4 Å². The highest BCUT2D eigenvalue weighted by Gasteiger charge is 2.35. The molecule has 0 aliphatic carbocycles. The van der Waals surface area contributed by atoms with Crippen LogP contribution in [0.5, 0.6) is 0 Å². The molecule has 2 aromatic heterocycles. The Hall–Kier alpha value is -4.45. The number of aryl methyl sites for hydroxylation is 2. The van der Waals surface area contributed by atoms with E-state index in [0.29, 0.717) is 23.5 Å². The SMILES string of the molecule is Cc1cc(C)c(/C=C2\C(=O)N(Cc3ccccc3)c3nc(C(=O)OCc4ccccc4)ccc32)[nH]1. The van der Waals surface area contributed by atoms with Gasteiger partial charge in [-0.3, -0.25) is 9.69 Å². The van der Waals surface area contributed by atoms with Crippen LogP contribution in [0.4, 0.5) is 5.82 Å². The molecule has 0 atom stereocenters. The van der Waals surface area contributed by atoms with Gasteiger partial charge in [0.05, 0.1) is 12.1 Å². The number of pyridine rings is 1. The number of ether oxygens (including phenoxy) is 1. The smallest absolute Gasteiger partial charge is 0.357 e. The second-order valence-corrected chi connectivity index (χ2v) is 8.61. The van der Waals surface area contributed by atoms with Crippen molar-refractivity contribution in [2.75, 3.05) is 4.90 Å². The first-order valence-corrected chi connectivity index (χ1v) is 11.5. The molecule has 0 spiro atoms. The lowest BCUT2D eigenvalue weighted by molar-refractivity contribution is -0.113. The van der Waals surface area contributed by atoms with Gasteiger partial charge in [0.15, 0.2) is 5.69 Å². The van der Waals surface area contributed by atoms with Crippen LogP contribution < -0.4 is 4.90 Å². The second kappa shape index (κ2) is 9.43. The third-order valence-corrected chi connectivity index (χ3v) is 5.98. The van der Waals surface area contributed by atoms with E-state index in [1.54, 1.807) is 17.0 Å². The quantitative estimate of drug-likeness (QED) is 0.304. The van der Waals surface area contributed by atoms with Gasteiger partial charge in [0.25, 0.3) is 5.91 Å². The molecule has 5 rings (SSSR count). The van der Waals surface area contributed by atoms with Crippen LogP contribution >= 0.6 is 0 Å². The third-order valence-electron chi connectivity index (χ3n) is 5.98. The minimum atomic E-state index is -0.531. The zero-order valence-corrected chi connectivity index (χ0v) is 19.6. The number of anilines is 1. The van der Waals surface area contributed by atoms with Gasteiger partial charge in [-0.25, -0.2) is 9.78 Å². The molecule has 0 fully saturated rings. The lowest BCUT2D eigenvalue weighted by atomic mass is 10.1. The molecule has 0 radical (unpaired) electrons. The highest BCUT2D eigenvalue weighted by molar-refractivity contribution is 6.35. The summed E-state index contributed by atoms with van der Waals surface area (Å²) in [6.07, 6.45) is 1.86. The fraction of sp³-hybridized carbons (Fsp3) is 0.138. The Kier molecular flexibility index (Phi) is 6.02. The van der Waals surface area contributed by atoms with E-state index < -0.39 is 5.97 Å². The Morgan fingerprint density at radius 2 is 1.66 bits per heavy atom. The Morgan fingerprint density at radius 1 is 0.971 bits per heavy atom. The van der Waals surface area contributed by atoms with Gasteiger partial charge in [0, 0.05) is 17.0 Å². The number of benzene rings is 2. The summed E-state index contributed by atoms with van der Waals surface area (Å²) in [5.74, 6) is -0.227. The zero-order chi connectivity index (χ0) is 24.4. The Bertz CT molecular complexity index is 1420. The van der Waals surface area contributed by atoms with E-state index in [4.69, 9.17) is 4.74 Å². The number of hydrogen-bond acceptors (Lipinski definition) is 4. The largest absolute Gasteiger partial charge is 0.456 e. The fourth-order valence-electron chi connectivity index (χ4n) is 4.23. The minimum absolute atomic E-state index is 0.154. The molecule has 35 heavy (non-hydrogen) atoms. The molecule has 2 aromatic carbocycles. The molecular formula is C29H25N3O3. The van der Waals surface area contributed by atoms with Gasteiger partial charge >= 0.3 is 5.97 Å². The molecule has 4 aromatic rings. The van der Waals surface area contributed by atoms with Crippen molar-refractivity contribution < 1.29 is 14.3 Å². The minimum Gasteiger partial charge on any atom is -0.456 e. The standard InChI is InChI=1S/C29H25N3O3/c1-19-15-20(2)30-26(19)16-24-23-13-14-25(29(34)35-18-22-11-7-4-8-12-22)31-27(23)32(28(24)33)17-21-9-5-3-6-10-21/h3-16,30H,17-18H2,1-2H3/b24-16-. The summed E-state index contributed by atoms with van der Waals surface area (Å²) >= 11 is 0. The van der Waals surface area contributed by atoms with Crippen LogP contribution in [0.1, 0.15) is 44.1 Å². The average Bonchev–Trinajstić information content (AvgIpc) is 3.33. The molecule has 0 bridgehead atoms. The average molecular weight is 464 g/mol. The first-order valence-electron chi connectivity index (χ1n) is 11.5. The van der Waals surface area contributed by atoms with Crippen molar-refractivity contribution in [3.8, 4) is 0 Å². The first-order chi connectivity index (χ1) is 17.0. The van der Waals surface area contributed by atoms with E-state index in [9.17, 15) is 9.59 Å². The summed E-state index contributed by atoms with van der Waals surface area (Å²) in [5, 5.41) is 0. The number of aromatic nitrogens is 2. The molecule has 6 heteroatoms. The van der Waals surface area contributed by atoms with E-state index in [1.165, 1.54) is 0 Å². The highest BCUT2D eigenvalue weighted by Crippen LogP contribution is 2.38. The molecule has 0 saturated carbocycles. The lowest BCUT2D eigenvalue weighted by Crippen LogP contribution is -2.26. The summed E-state index contributed by atoms with van der Waals surface area (Å²) in [7, 11) is 0. The summed E-state index contributed by atoms with van der Waals surface area (Å²) in [6, 6.07) is 24.7. The highest BCUT2D eigenvalue weighted by atomic mass is 16.5. The number of fused-ring (bicyclic) bond motifs is 1. The van der Waals surface area contributed by atoms with Crippen LogP contribution in [0.2, 0.25) is 0 Å². The Morgan fingerprint density at radius 3 is 2.31 bits per heavy atom. The maximum atomic E-state index is 13.6. The van der Waals surface area contributed by atoms with Crippen molar-refractivity contribution in [3.05, 3.63) is 118 Å². The van der Waals surface area contributed by atoms with Crippen molar-refractivity contribution in [2.45, 2.75) is 27.0 Å². The summed E-state index contributed by atoms with van der Waals surface area (Å²) in [4.78, 5) is 35.9. The Balaban J connectivity index is 1.50. The fourth-order valence-corrected chi connectivity index (χ4v) is 4.23. The molecular weight excluding hydrogens is 438 g/mol. The number of esters is 1. The van der Waals surface area contributed by atoms with Gasteiger partial charge in [-0.1, -0.05) is 60.7 Å². The molecule has 0 saturated heterocycles. The number of H-pyrrole nitrogens is 1. The van der Waals surface area contributed by atoms with E-state index in [1.807, 2.05) is 86.7 Å². The normalized spacial score (nSPS) is 13.8. The molecule has 0 unspecified atom stereocenters. The molecule has 3 heterocycles. The van der Waals surface area contributed by atoms with Gasteiger partial charge in [-0.05, 0) is 54.8 Å². The van der Waals surface area contributed by atoms with E-state index in [2.05, 4.69) is 9.97 Å². The maximum Gasteiger partial charge on any atom is 0.357 e. The van der Waals surface area contributed by atoms with Crippen LogP contribution in [0.15, 0.2) is 78.9 Å². The number of carbonyl (C=O) groups is 2. The van der Waals surface area contributed by atoms with E-state index in [0.717, 1.165) is 28.1 Å². The van der Waals surface area contributed by atoms with Crippen molar-refractivity contribution in [1.82, 2.24) is 9.97 Å². The van der Waals surface area contributed by atoms with Crippen molar-refractivity contribution in [1.29, 1.82) is 0 Å². The number of hydrogen-bond donors (Lipinski definition) is 1. The first kappa shape index (κ1) is 22.3. The lowest BCUT2D eigenvalue weighted by Gasteiger charge is -2.16. The summed E-state index contributed by atoms with van der Waals surface area (Å²) in [6.45, 7) is 4.49. The van der Waals surface area contributed by atoms with Crippen molar-refractivity contribution >= 4 is 29.3 Å². The summed E-state index contributed by atoms with van der Waals surface area (Å²) in [5.41, 5.74) is 6.22. The van der Waals surface area contributed by atoms with Crippen LogP contribution in [0.25, 0.3) is 11.6 Å². The molecule has 1 amide bonds. The third kappa shape index (κ3) is 4.64. The monoisotopic (exact) mass is 463 g/mol. The predicted octanol–water partition coefficient (Wildman–Crippen LogP) is 5.47. The Labute approximate surface area is 203 Å². The van der Waals surface area contributed by atoms with Gasteiger partial charge in [0.2, 0.25) is 0 Å². The van der Waals surface area contributed by atoms with E-state index in [-0.39, 0.29) is 18.2 Å². The van der Waals surface area contributed by atoms with Crippen molar-refractivity contribution in [2.24, 2.45) is 0 Å². The van der Waals surface area contributed by atoms with Gasteiger partial charge < -0.3 is 9.72 Å². The number of aromatic amines is 1. The number of nitrogens with one attached hydrogen (secondary N) is 1. The number of nitrogens with zero attached hydrogens (tertiary/aromatic N) is 2. The number of carbonyl (C=O) groups excluding carboxylic acids is 2. The van der Waals surface area contributed by atoms with Crippen LogP contribution in [0.3, 0.4) is 0 Å². The number of amides is 1. The molecule has 1 aliphatic rings. The maximum absolute atomic E-state index is 13.6. The topological polar surface area (TPSA) is 75.3 Å². The predicted molar refractivity (Wildman–Crippen MR) is 136 cm³/mol. The van der Waals surface area contributed by atoms with Crippen LogP contribution in [-0.4, -0.2) is 21.8 Å². The molecule has 1 aliphatic heterocycles. The molecule has 6 nitrogen and oxygen atoms in total. The zero-order valence-electron chi connectivity index (χ0n) is 19.6. The van der Waals surface area contributed by atoms with Crippen LogP contribution in [0, 0.1) is 13.8 Å². The number of rotatable bonds is 6. The van der Waals surface area contributed by atoms with E-state index >= 15 is 0 Å². The second-order valence-electron chi connectivity index (χ2n) is 8.61. The molecule has 174 valence electrons. The van der Waals surface area contributed by atoms with Crippen LogP contribution in [-0.2, 0) is 22.7 Å². The van der Waals surface area contributed by atoms with Gasteiger partial charge in [-0.2, -0.15) is 0 Å².